The van der Waals surface area contributed by atoms with Gasteiger partial charge in [-0.2, -0.15) is 0 Å². The van der Waals surface area contributed by atoms with Crippen LogP contribution >= 0.6 is 0 Å². The molecule has 1 saturated carbocycles. The van der Waals surface area contributed by atoms with Gasteiger partial charge in [-0.15, -0.1) is 0 Å². The molecule has 0 saturated heterocycles. The molecule has 2 N–H and O–H groups in total. The summed E-state index contributed by atoms with van der Waals surface area (Å²) in [5.41, 5.74) is 1.35. The van der Waals surface area contributed by atoms with Gasteiger partial charge in [0.2, 0.25) is 0 Å². The molecular weight excluding hydrogens is 257 g/mol. The van der Waals surface area contributed by atoms with Crippen molar-refractivity contribution in [3.8, 4) is 0 Å². The third kappa shape index (κ3) is 3.51. The Bertz CT molecular complexity index is 664. The number of benzene rings is 1. The first kappa shape index (κ1) is 13.0. The second kappa shape index (κ2) is 5.54. The molecular formula is C15H16FN3O. The van der Waals surface area contributed by atoms with Gasteiger partial charge in [-0.25, -0.2) is 9.37 Å². The molecule has 3 rings (SSSR count). The van der Waals surface area contributed by atoms with Gasteiger partial charge >= 0.3 is 0 Å². The van der Waals surface area contributed by atoms with Crippen molar-refractivity contribution in [1.29, 1.82) is 0 Å². The number of aromatic nitrogens is 2. The fraction of sp³-hybridized carbons (Fsp3) is 0.333. The number of halogens is 1. The van der Waals surface area contributed by atoms with Gasteiger partial charge in [0.25, 0.3) is 5.56 Å². The molecule has 0 spiro atoms. The van der Waals surface area contributed by atoms with Gasteiger partial charge in [0, 0.05) is 25.1 Å². The molecule has 5 heteroatoms. The van der Waals surface area contributed by atoms with Crippen LogP contribution in [-0.2, 0) is 13.0 Å². The van der Waals surface area contributed by atoms with E-state index >= 15 is 0 Å². The molecule has 0 amide bonds. The molecule has 2 aromatic rings. The third-order valence-corrected chi connectivity index (χ3v) is 3.25. The highest BCUT2D eigenvalue weighted by Gasteiger charge is 2.20. The van der Waals surface area contributed by atoms with Crippen LogP contribution in [0.4, 0.5) is 4.39 Å². The molecule has 0 atom stereocenters. The Labute approximate surface area is 116 Å². The van der Waals surface area contributed by atoms with Crippen LogP contribution in [0, 0.1) is 5.82 Å². The lowest BCUT2D eigenvalue weighted by Crippen LogP contribution is -2.20. The molecule has 1 aliphatic rings. The zero-order valence-corrected chi connectivity index (χ0v) is 11.0. The van der Waals surface area contributed by atoms with Crippen LogP contribution in [0.3, 0.4) is 0 Å². The van der Waals surface area contributed by atoms with Crippen LogP contribution in [0.15, 0.2) is 35.1 Å². The van der Waals surface area contributed by atoms with Gasteiger partial charge in [-0.3, -0.25) is 4.79 Å². The van der Waals surface area contributed by atoms with E-state index in [0.29, 0.717) is 24.8 Å². The van der Waals surface area contributed by atoms with Crippen LogP contribution in [0.1, 0.15) is 29.9 Å². The predicted molar refractivity (Wildman–Crippen MR) is 73.9 cm³/mol. The van der Waals surface area contributed by atoms with Gasteiger partial charge in [-0.1, -0.05) is 12.1 Å². The summed E-state index contributed by atoms with van der Waals surface area (Å²) < 4.78 is 13.1. The molecule has 1 fully saturated rings. The first-order chi connectivity index (χ1) is 9.69. The van der Waals surface area contributed by atoms with Crippen molar-refractivity contribution < 1.29 is 4.39 Å². The molecule has 1 aromatic carbocycles. The highest BCUT2D eigenvalue weighted by molar-refractivity contribution is 5.20. The largest absolute Gasteiger partial charge is 0.310 e. The first-order valence-corrected chi connectivity index (χ1v) is 6.76. The predicted octanol–water partition coefficient (Wildman–Crippen LogP) is 1.75. The van der Waals surface area contributed by atoms with E-state index < -0.39 is 0 Å². The molecule has 104 valence electrons. The lowest BCUT2D eigenvalue weighted by atomic mass is 10.1. The molecule has 0 aliphatic heterocycles. The number of hydrogen-bond donors (Lipinski definition) is 2. The number of nitrogens with zero attached hydrogens (tertiary/aromatic N) is 1. The Morgan fingerprint density at radius 1 is 1.35 bits per heavy atom. The van der Waals surface area contributed by atoms with Crippen molar-refractivity contribution in [3.05, 3.63) is 63.6 Å². The molecule has 0 unspecified atom stereocenters. The van der Waals surface area contributed by atoms with E-state index in [4.69, 9.17) is 0 Å². The summed E-state index contributed by atoms with van der Waals surface area (Å²) >= 11 is 0. The fourth-order valence-electron chi connectivity index (χ4n) is 2.11. The molecule has 1 aliphatic carbocycles. The van der Waals surface area contributed by atoms with Crippen molar-refractivity contribution in [2.45, 2.75) is 31.8 Å². The summed E-state index contributed by atoms with van der Waals surface area (Å²) in [7, 11) is 0. The Hall–Kier alpha value is -2.01. The van der Waals surface area contributed by atoms with E-state index in [2.05, 4.69) is 15.3 Å². The van der Waals surface area contributed by atoms with E-state index in [1.54, 1.807) is 6.07 Å². The van der Waals surface area contributed by atoms with Crippen molar-refractivity contribution in [2.24, 2.45) is 0 Å². The topological polar surface area (TPSA) is 57.8 Å². The number of rotatable bonds is 5. The third-order valence-electron chi connectivity index (χ3n) is 3.25. The quantitative estimate of drug-likeness (QED) is 0.872. The van der Waals surface area contributed by atoms with E-state index in [0.717, 1.165) is 11.3 Å². The molecule has 4 nitrogen and oxygen atoms in total. The van der Waals surface area contributed by atoms with Gasteiger partial charge < -0.3 is 10.3 Å². The maximum atomic E-state index is 13.1. The Morgan fingerprint density at radius 3 is 2.95 bits per heavy atom. The first-order valence-electron chi connectivity index (χ1n) is 6.76. The number of aromatic amines is 1. The summed E-state index contributed by atoms with van der Waals surface area (Å²) in [6.45, 7) is 0.602. The maximum absolute atomic E-state index is 13.1. The summed E-state index contributed by atoms with van der Waals surface area (Å²) in [5, 5.41) is 3.33. The van der Waals surface area contributed by atoms with Crippen LogP contribution in [-0.4, -0.2) is 16.0 Å². The number of H-pyrrole nitrogens is 1. The van der Waals surface area contributed by atoms with Crippen molar-refractivity contribution in [3.63, 3.8) is 0 Å². The Balaban J connectivity index is 1.76. The second-order valence-electron chi connectivity index (χ2n) is 5.15. The van der Waals surface area contributed by atoms with Crippen molar-refractivity contribution in [2.75, 3.05) is 0 Å². The van der Waals surface area contributed by atoms with Crippen LogP contribution < -0.4 is 10.9 Å². The van der Waals surface area contributed by atoms with Crippen LogP contribution in [0.25, 0.3) is 0 Å². The number of hydrogen-bond acceptors (Lipinski definition) is 3. The second-order valence-corrected chi connectivity index (χ2v) is 5.15. The minimum atomic E-state index is -0.281. The van der Waals surface area contributed by atoms with Gasteiger partial charge in [0.15, 0.2) is 0 Å². The zero-order valence-electron chi connectivity index (χ0n) is 11.0. The Kier molecular flexibility index (Phi) is 3.60. The zero-order chi connectivity index (χ0) is 13.9. The molecule has 1 aromatic heterocycles. The normalized spacial score (nSPS) is 14.4. The molecule has 0 radical (unpaired) electrons. The average molecular weight is 273 g/mol. The minimum absolute atomic E-state index is 0.168. The summed E-state index contributed by atoms with van der Waals surface area (Å²) in [5.74, 6) is 0.284. The highest BCUT2D eigenvalue weighted by Crippen LogP contribution is 2.18. The van der Waals surface area contributed by atoms with Crippen LogP contribution in [0.2, 0.25) is 0 Å². The van der Waals surface area contributed by atoms with E-state index in [9.17, 15) is 9.18 Å². The van der Waals surface area contributed by atoms with Crippen LogP contribution in [0.5, 0.6) is 0 Å². The SMILES string of the molecule is O=c1cc(CNC2CC2)nc(Cc2cccc(F)c2)[nH]1. The average Bonchev–Trinajstić information content (AvgIpc) is 3.20. The van der Waals surface area contributed by atoms with Gasteiger partial charge in [0.1, 0.15) is 11.6 Å². The molecule has 1 heterocycles. The van der Waals surface area contributed by atoms with Gasteiger partial charge in [-0.05, 0) is 30.5 Å². The van der Waals surface area contributed by atoms with Gasteiger partial charge in [0.05, 0.1) is 5.69 Å². The summed E-state index contributed by atoms with van der Waals surface area (Å²) in [4.78, 5) is 18.8. The Morgan fingerprint density at radius 2 is 2.20 bits per heavy atom. The molecule has 0 bridgehead atoms. The maximum Gasteiger partial charge on any atom is 0.251 e. The minimum Gasteiger partial charge on any atom is -0.310 e. The smallest absolute Gasteiger partial charge is 0.251 e. The molecule has 20 heavy (non-hydrogen) atoms. The summed E-state index contributed by atoms with van der Waals surface area (Å²) in [6, 6.07) is 8.40. The van der Waals surface area contributed by atoms with E-state index in [-0.39, 0.29) is 11.4 Å². The standard InChI is InChI=1S/C15H16FN3O/c16-11-3-1-2-10(6-11)7-14-18-13(8-15(20)19-14)9-17-12-4-5-12/h1-3,6,8,12,17H,4-5,7,9H2,(H,18,19,20). The van der Waals surface area contributed by atoms with Crippen molar-refractivity contribution in [1.82, 2.24) is 15.3 Å². The van der Waals surface area contributed by atoms with E-state index in [1.165, 1.54) is 31.0 Å². The monoisotopic (exact) mass is 273 g/mol. The highest BCUT2D eigenvalue weighted by atomic mass is 19.1. The lowest BCUT2D eigenvalue weighted by molar-refractivity contribution is 0.625. The van der Waals surface area contributed by atoms with E-state index in [1.807, 2.05) is 6.07 Å². The number of nitrogens with one attached hydrogen (secondary N) is 2. The lowest BCUT2D eigenvalue weighted by Gasteiger charge is -2.05. The summed E-state index contributed by atoms with van der Waals surface area (Å²) in [6.07, 6.45) is 2.81. The fourth-order valence-corrected chi connectivity index (χ4v) is 2.11. The van der Waals surface area contributed by atoms with Crippen molar-refractivity contribution >= 4 is 0 Å².